The van der Waals surface area contributed by atoms with Crippen LogP contribution in [-0.4, -0.2) is 24.6 Å². The maximum atomic E-state index is 13.0. The van der Waals surface area contributed by atoms with Crippen LogP contribution in [0.15, 0.2) is 24.3 Å². The van der Waals surface area contributed by atoms with Gasteiger partial charge in [0.2, 0.25) is 0 Å². The summed E-state index contributed by atoms with van der Waals surface area (Å²) in [5, 5.41) is 0. The van der Waals surface area contributed by atoms with Crippen molar-refractivity contribution in [2.24, 2.45) is 29.6 Å². The van der Waals surface area contributed by atoms with E-state index in [0.717, 1.165) is 24.7 Å². The number of hydrogen-bond donors (Lipinski definition) is 0. The summed E-state index contributed by atoms with van der Waals surface area (Å²) in [6.45, 7) is 4.68. The van der Waals surface area contributed by atoms with Crippen molar-refractivity contribution in [1.29, 1.82) is 0 Å². The van der Waals surface area contributed by atoms with Gasteiger partial charge < -0.3 is 9.47 Å². The Bertz CT molecular complexity index is 695. The van der Waals surface area contributed by atoms with Crippen LogP contribution < -0.4 is 0 Å². The lowest BCUT2D eigenvalue weighted by molar-refractivity contribution is -0.101. The second-order valence-electron chi connectivity index (χ2n) is 9.52. The Morgan fingerprint density at radius 3 is 2.07 bits per heavy atom. The van der Waals surface area contributed by atoms with E-state index in [1.54, 1.807) is 24.3 Å². The Hall–Kier alpha value is -1.84. The first-order valence-electron chi connectivity index (χ1n) is 11.0. The fourth-order valence-corrected chi connectivity index (χ4v) is 5.83. The van der Waals surface area contributed by atoms with Crippen LogP contribution in [0, 0.1) is 29.6 Å². The molecule has 0 atom stereocenters. The topological polar surface area (TPSA) is 52.6 Å². The van der Waals surface area contributed by atoms with Crippen molar-refractivity contribution in [2.45, 2.75) is 64.9 Å². The van der Waals surface area contributed by atoms with Crippen molar-refractivity contribution >= 4 is 11.9 Å². The Labute approximate surface area is 168 Å². The number of hydrogen-bond acceptors (Lipinski definition) is 4. The molecule has 152 valence electrons. The van der Waals surface area contributed by atoms with Crippen molar-refractivity contribution in [2.75, 3.05) is 6.61 Å². The fourth-order valence-electron chi connectivity index (χ4n) is 5.83. The lowest BCUT2D eigenvalue weighted by Gasteiger charge is -2.53. The molecule has 4 fully saturated rings. The molecule has 4 aliphatic carbocycles. The number of benzene rings is 1. The maximum absolute atomic E-state index is 13.0. The summed E-state index contributed by atoms with van der Waals surface area (Å²) >= 11 is 0. The van der Waals surface area contributed by atoms with Gasteiger partial charge in [0, 0.05) is 0 Å². The standard InChI is InChI=1S/C24H32O4/c1-15(2)6-5-9-27-23(25)20-7-3-4-8-21(20)24(26)28-22-18-11-16-10-17(13-18)14-19(22)12-16/h3-4,7-8,15-19,22H,5-6,9-14H2,1-2H3. The van der Waals surface area contributed by atoms with Crippen LogP contribution in [0.3, 0.4) is 0 Å². The molecule has 0 unspecified atom stereocenters. The zero-order valence-corrected chi connectivity index (χ0v) is 17.1. The van der Waals surface area contributed by atoms with Crippen molar-refractivity contribution in [3.8, 4) is 0 Å². The molecule has 0 amide bonds. The molecule has 1 aromatic carbocycles. The van der Waals surface area contributed by atoms with Gasteiger partial charge in [-0.15, -0.1) is 0 Å². The number of rotatable bonds is 7. The Balaban J connectivity index is 1.40. The molecule has 4 saturated carbocycles. The highest BCUT2D eigenvalue weighted by Gasteiger charge is 2.50. The highest BCUT2D eigenvalue weighted by Crippen LogP contribution is 2.54. The van der Waals surface area contributed by atoms with E-state index in [9.17, 15) is 9.59 Å². The quantitative estimate of drug-likeness (QED) is 0.475. The molecule has 0 spiro atoms. The van der Waals surface area contributed by atoms with Crippen molar-refractivity contribution in [3.05, 3.63) is 35.4 Å². The molecule has 0 saturated heterocycles. The van der Waals surface area contributed by atoms with Crippen LogP contribution in [0.4, 0.5) is 0 Å². The first kappa shape index (κ1) is 19.5. The van der Waals surface area contributed by atoms with E-state index in [1.807, 2.05) is 0 Å². The Kier molecular flexibility index (Phi) is 5.75. The molecule has 1 aromatic rings. The van der Waals surface area contributed by atoms with E-state index in [4.69, 9.17) is 9.47 Å². The van der Waals surface area contributed by atoms with Gasteiger partial charge in [-0.05, 0) is 86.7 Å². The predicted octanol–water partition coefficient (Wildman–Crippen LogP) is 5.26. The van der Waals surface area contributed by atoms with E-state index in [-0.39, 0.29) is 12.1 Å². The van der Waals surface area contributed by atoms with Gasteiger partial charge in [-0.25, -0.2) is 9.59 Å². The summed E-state index contributed by atoms with van der Waals surface area (Å²) in [7, 11) is 0. The molecule has 4 bridgehead atoms. The smallest absolute Gasteiger partial charge is 0.339 e. The molecule has 0 radical (unpaired) electrons. The zero-order chi connectivity index (χ0) is 19.7. The van der Waals surface area contributed by atoms with Gasteiger partial charge in [-0.2, -0.15) is 0 Å². The summed E-state index contributed by atoms with van der Waals surface area (Å²) in [5.74, 6) is 2.48. The fraction of sp³-hybridized carbons (Fsp3) is 0.667. The second kappa shape index (κ2) is 8.26. The molecular weight excluding hydrogens is 352 g/mol. The van der Waals surface area contributed by atoms with Crippen LogP contribution >= 0.6 is 0 Å². The first-order valence-corrected chi connectivity index (χ1v) is 11.0. The van der Waals surface area contributed by atoms with E-state index in [0.29, 0.717) is 35.5 Å². The third-order valence-corrected chi connectivity index (χ3v) is 6.91. The zero-order valence-electron chi connectivity index (χ0n) is 17.1. The molecule has 5 rings (SSSR count). The third kappa shape index (κ3) is 4.11. The van der Waals surface area contributed by atoms with Crippen molar-refractivity contribution in [1.82, 2.24) is 0 Å². The Morgan fingerprint density at radius 2 is 1.50 bits per heavy atom. The monoisotopic (exact) mass is 384 g/mol. The molecule has 28 heavy (non-hydrogen) atoms. The summed E-state index contributed by atoms with van der Waals surface area (Å²) in [6.07, 6.45) is 8.05. The minimum atomic E-state index is -0.429. The van der Waals surface area contributed by atoms with Gasteiger partial charge in [0.05, 0.1) is 17.7 Å². The summed E-state index contributed by atoms with van der Waals surface area (Å²) in [5.41, 5.74) is 0.658. The lowest BCUT2D eigenvalue weighted by Crippen LogP contribution is -2.50. The summed E-state index contributed by atoms with van der Waals surface area (Å²) < 4.78 is 11.4. The molecule has 0 aromatic heterocycles. The number of carbonyl (C=O) groups is 2. The van der Waals surface area contributed by atoms with Crippen molar-refractivity contribution < 1.29 is 19.1 Å². The van der Waals surface area contributed by atoms with Gasteiger partial charge in [-0.1, -0.05) is 26.0 Å². The maximum Gasteiger partial charge on any atom is 0.339 e. The van der Waals surface area contributed by atoms with Crippen LogP contribution in [0.1, 0.15) is 79.5 Å². The highest BCUT2D eigenvalue weighted by atomic mass is 16.5. The van der Waals surface area contributed by atoms with Gasteiger partial charge in [-0.3, -0.25) is 0 Å². The second-order valence-corrected chi connectivity index (χ2v) is 9.52. The largest absolute Gasteiger partial charge is 0.462 e. The molecule has 4 aliphatic rings. The van der Waals surface area contributed by atoms with Crippen LogP contribution in [0.25, 0.3) is 0 Å². The van der Waals surface area contributed by atoms with E-state index in [1.165, 1.54) is 32.1 Å². The van der Waals surface area contributed by atoms with Crippen molar-refractivity contribution in [3.63, 3.8) is 0 Å². The van der Waals surface area contributed by atoms with Gasteiger partial charge in [0.15, 0.2) is 0 Å². The minimum Gasteiger partial charge on any atom is -0.462 e. The van der Waals surface area contributed by atoms with E-state index >= 15 is 0 Å². The third-order valence-electron chi connectivity index (χ3n) is 6.91. The van der Waals surface area contributed by atoms with Gasteiger partial charge >= 0.3 is 11.9 Å². The number of ether oxygens (including phenoxy) is 2. The Morgan fingerprint density at radius 1 is 0.929 bits per heavy atom. The lowest BCUT2D eigenvalue weighted by atomic mass is 9.55. The van der Waals surface area contributed by atoms with Crippen LogP contribution in [0.5, 0.6) is 0 Å². The average Bonchev–Trinajstić information content (AvgIpc) is 2.67. The average molecular weight is 385 g/mol. The molecule has 0 aliphatic heterocycles. The summed E-state index contributed by atoms with van der Waals surface area (Å²) in [6, 6.07) is 6.90. The van der Waals surface area contributed by atoms with E-state index < -0.39 is 5.97 Å². The highest BCUT2D eigenvalue weighted by molar-refractivity contribution is 6.03. The number of esters is 2. The SMILES string of the molecule is CC(C)CCCOC(=O)c1ccccc1C(=O)OC1C2CC3CC(C2)CC1C3. The molecule has 0 N–H and O–H groups in total. The minimum absolute atomic E-state index is 0.0235. The van der Waals surface area contributed by atoms with Crippen LogP contribution in [0.2, 0.25) is 0 Å². The first-order chi connectivity index (χ1) is 13.5. The van der Waals surface area contributed by atoms with Gasteiger partial charge in [0.25, 0.3) is 0 Å². The molecule has 0 heterocycles. The molecule has 4 nitrogen and oxygen atoms in total. The molecular formula is C24H32O4. The van der Waals surface area contributed by atoms with Crippen LogP contribution in [-0.2, 0) is 9.47 Å². The number of carbonyl (C=O) groups excluding carboxylic acids is 2. The summed E-state index contributed by atoms with van der Waals surface area (Å²) in [4.78, 5) is 25.5. The predicted molar refractivity (Wildman–Crippen MR) is 107 cm³/mol. The molecule has 4 heteroatoms. The van der Waals surface area contributed by atoms with E-state index in [2.05, 4.69) is 13.8 Å². The normalized spacial score (nSPS) is 30.5. The van der Waals surface area contributed by atoms with Gasteiger partial charge in [0.1, 0.15) is 6.10 Å².